The van der Waals surface area contributed by atoms with Crippen LogP contribution < -0.4 is 0 Å². The predicted octanol–water partition coefficient (Wildman–Crippen LogP) is 2.19. The maximum Gasteiger partial charge on any atom is 0.469 e. The summed E-state index contributed by atoms with van der Waals surface area (Å²) in [5.74, 6) is -1.84. The highest BCUT2D eigenvalue weighted by atomic mass is 17.1. The van der Waals surface area contributed by atoms with Gasteiger partial charge >= 0.3 is 24.6 Å². The van der Waals surface area contributed by atoms with Crippen LogP contribution in [-0.2, 0) is 37.9 Å². The molecule has 3 aliphatic rings. The van der Waals surface area contributed by atoms with E-state index in [0.29, 0.717) is 5.56 Å². The van der Waals surface area contributed by atoms with Gasteiger partial charge in [-0.15, -0.1) is 0 Å². The van der Waals surface area contributed by atoms with Crippen LogP contribution in [0.3, 0.4) is 0 Å². The third-order valence-electron chi connectivity index (χ3n) is 4.33. The summed E-state index contributed by atoms with van der Waals surface area (Å²) in [4.78, 5) is 25.8. The quantitative estimate of drug-likeness (QED) is 0.688. The molecule has 1 saturated heterocycles. The summed E-state index contributed by atoms with van der Waals surface area (Å²) in [5.41, 5.74) is 1.36. The van der Waals surface area contributed by atoms with E-state index in [4.69, 9.17) is 37.9 Å². The second-order valence-corrected chi connectivity index (χ2v) is 6.12. The molecular weight excluding hydrogens is 400 g/mol. The Kier molecular flexibility index (Phi) is 5.77. The van der Waals surface area contributed by atoms with Crippen LogP contribution in [0.1, 0.15) is 20.7 Å². The van der Waals surface area contributed by atoms with E-state index in [1.54, 1.807) is 6.07 Å². The molecule has 0 saturated carbocycles. The smallest absolute Gasteiger partial charge is 0.406 e. The fourth-order valence-corrected chi connectivity index (χ4v) is 2.86. The molecule has 3 atom stereocenters. The Morgan fingerprint density at radius 3 is 2.50 bits per heavy atom. The van der Waals surface area contributed by atoms with Crippen LogP contribution in [0, 0.1) is 0 Å². The second kappa shape index (κ2) is 8.48. The van der Waals surface area contributed by atoms with Crippen molar-refractivity contribution in [2.75, 3.05) is 21.0 Å². The number of hydrogen-bond donors (Lipinski definition) is 0. The highest BCUT2D eigenvalue weighted by Gasteiger charge is 2.46. The minimum absolute atomic E-state index is 0.0682. The molecule has 3 aliphatic heterocycles. The number of carbonyl (C=O) groups is 2. The van der Waals surface area contributed by atoms with Crippen molar-refractivity contribution in [2.24, 2.45) is 0 Å². The molecule has 5 rings (SSSR count). The SMILES string of the molecule is COC1OC2OCOC(OC)(OC(=O)c3ccc(-c4ccccc4)cc3C(=O)O2)O1. The van der Waals surface area contributed by atoms with Crippen molar-refractivity contribution in [1.82, 2.24) is 0 Å². The van der Waals surface area contributed by atoms with Crippen LogP contribution in [0.25, 0.3) is 11.1 Å². The lowest BCUT2D eigenvalue weighted by Crippen LogP contribution is -2.50. The lowest BCUT2D eigenvalue weighted by Gasteiger charge is -2.35. The van der Waals surface area contributed by atoms with Gasteiger partial charge in [-0.25, -0.2) is 14.3 Å². The van der Waals surface area contributed by atoms with Crippen molar-refractivity contribution < 1.29 is 47.5 Å². The molecule has 10 heteroatoms. The van der Waals surface area contributed by atoms with E-state index in [9.17, 15) is 9.59 Å². The molecule has 3 heterocycles. The van der Waals surface area contributed by atoms with Gasteiger partial charge in [0.15, 0.2) is 6.79 Å². The highest BCUT2D eigenvalue weighted by molar-refractivity contribution is 6.04. The monoisotopic (exact) mass is 418 g/mol. The van der Waals surface area contributed by atoms with Gasteiger partial charge in [-0.1, -0.05) is 36.4 Å². The lowest BCUT2D eigenvalue weighted by atomic mass is 9.99. The predicted molar refractivity (Wildman–Crippen MR) is 96.2 cm³/mol. The van der Waals surface area contributed by atoms with E-state index in [1.165, 1.54) is 26.4 Å². The van der Waals surface area contributed by atoms with Gasteiger partial charge in [0.2, 0.25) is 0 Å². The zero-order valence-electron chi connectivity index (χ0n) is 16.1. The normalized spacial score (nSPS) is 26.7. The van der Waals surface area contributed by atoms with Crippen LogP contribution in [0.5, 0.6) is 0 Å². The number of rotatable bonds is 3. The first-order valence-electron chi connectivity index (χ1n) is 8.84. The summed E-state index contributed by atoms with van der Waals surface area (Å²) in [6, 6.07) is 13.9. The maximum atomic E-state index is 12.9. The number of methoxy groups -OCH3 is 2. The van der Waals surface area contributed by atoms with Crippen molar-refractivity contribution in [2.45, 2.75) is 19.1 Å². The van der Waals surface area contributed by atoms with Crippen molar-refractivity contribution >= 4 is 11.9 Å². The molecule has 0 amide bonds. The van der Waals surface area contributed by atoms with E-state index in [-0.39, 0.29) is 11.1 Å². The van der Waals surface area contributed by atoms with Crippen molar-refractivity contribution in [1.29, 1.82) is 0 Å². The molecular formula is C20H18O10. The number of benzene rings is 2. The fourth-order valence-electron chi connectivity index (χ4n) is 2.86. The first-order chi connectivity index (χ1) is 14.5. The third-order valence-corrected chi connectivity index (χ3v) is 4.33. The van der Waals surface area contributed by atoms with E-state index in [1.807, 2.05) is 30.3 Å². The molecule has 30 heavy (non-hydrogen) atoms. The third kappa shape index (κ3) is 4.05. The van der Waals surface area contributed by atoms with Gasteiger partial charge < -0.3 is 14.2 Å². The molecule has 2 aromatic carbocycles. The number of hydrogen-bond acceptors (Lipinski definition) is 10. The summed E-state index contributed by atoms with van der Waals surface area (Å²) in [5, 5.41) is 0. The van der Waals surface area contributed by atoms with E-state index in [2.05, 4.69) is 0 Å². The lowest BCUT2D eigenvalue weighted by molar-refractivity contribution is -0.565. The molecule has 3 unspecified atom stereocenters. The zero-order valence-corrected chi connectivity index (χ0v) is 16.1. The molecule has 2 aromatic rings. The Hall–Kier alpha value is -2.86. The van der Waals surface area contributed by atoms with Crippen LogP contribution in [0.2, 0.25) is 0 Å². The van der Waals surface area contributed by atoms with Crippen LogP contribution in [0.4, 0.5) is 0 Å². The maximum absolute atomic E-state index is 12.9. The van der Waals surface area contributed by atoms with E-state index in [0.717, 1.165) is 5.56 Å². The molecule has 0 radical (unpaired) electrons. The average molecular weight is 418 g/mol. The molecule has 10 nitrogen and oxygen atoms in total. The number of carbonyl (C=O) groups excluding carboxylic acids is 2. The van der Waals surface area contributed by atoms with Gasteiger partial charge in [0.25, 0.3) is 6.48 Å². The molecule has 158 valence electrons. The van der Waals surface area contributed by atoms with Gasteiger partial charge in [0.05, 0.1) is 11.1 Å². The van der Waals surface area contributed by atoms with Gasteiger partial charge in [-0.3, -0.25) is 18.9 Å². The van der Waals surface area contributed by atoms with Crippen LogP contribution in [0.15, 0.2) is 48.5 Å². The summed E-state index contributed by atoms with van der Waals surface area (Å²) in [6.45, 7) is -3.59. The number of esters is 2. The zero-order chi connectivity index (χ0) is 21.1. The second-order valence-electron chi connectivity index (χ2n) is 6.12. The Morgan fingerprint density at radius 1 is 0.967 bits per heavy atom. The van der Waals surface area contributed by atoms with Crippen LogP contribution in [-0.4, -0.2) is 52.1 Å². The summed E-state index contributed by atoms with van der Waals surface area (Å²) in [7, 11) is 2.42. The Balaban J connectivity index is 1.80. The summed E-state index contributed by atoms with van der Waals surface area (Å²) in [6.07, 6.45) is -2.34. The first kappa shape index (κ1) is 20.4. The molecule has 0 aromatic heterocycles. The Morgan fingerprint density at radius 2 is 1.77 bits per heavy atom. The molecule has 2 bridgehead atoms. The van der Waals surface area contributed by atoms with Gasteiger partial charge in [0.1, 0.15) is 0 Å². The van der Waals surface area contributed by atoms with E-state index >= 15 is 0 Å². The fraction of sp³-hybridized carbons (Fsp3) is 0.300. The molecule has 0 aliphatic carbocycles. The van der Waals surface area contributed by atoms with Crippen molar-refractivity contribution in [3.8, 4) is 11.1 Å². The van der Waals surface area contributed by atoms with Crippen molar-refractivity contribution in [3.63, 3.8) is 0 Å². The Labute approximate surface area is 171 Å². The standard InChI is InChI=1S/C20H18O10/c1-23-18-28-19-25-11-26-20(24-2,30-18)29-17(22)14-9-8-13(10-15(14)16(21)27-19)12-6-4-3-5-7-12/h3-10,18-19H,11H2,1-2H3. The minimum Gasteiger partial charge on any atom is -0.406 e. The van der Waals surface area contributed by atoms with Gasteiger partial charge in [-0.2, -0.15) is 0 Å². The topological polar surface area (TPSA) is 108 Å². The molecule has 0 N–H and O–H groups in total. The van der Waals surface area contributed by atoms with E-state index < -0.39 is 37.8 Å². The minimum atomic E-state index is -2.34. The summed E-state index contributed by atoms with van der Waals surface area (Å²) < 4.78 is 41.7. The van der Waals surface area contributed by atoms with Crippen molar-refractivity contribution in [3.05, 3.63) is 59.7 Å². The van der Waals surface area contributed by atoms with Gasteiger partial charge in [0, 0.05) is 14.2 Å². The average Bonchev–Trinajstić information content (AvgIpc) is 2.79. The number of ether oxygens (including phenoxy) is 8. The molecule has 1 fully saturated rings. The van der Waals surface area contributed by atoms with Gasteiger partial charge in [-0.05, 0) is 23.3 Å². The molecule has 0 spiro atoms. The summed E-state index contributed by atoms with van der Waals surface area (Å²) >= 11 is 0. The number of fused-ring (bicyclic) bond motifs is 6. The first-order valence-corrected chi connectivity index (χ1v) is 8.84. The largest absolute Gasteiger partial charge is 0.469 e. The van der Waals surface area contributed by atoms with Crippen LogP contribution >= 0.6 is 0 Å². The highest BCUT2D eigenvalue weighted by Crippen LogP contribution is 2.30. The Bertz CT molecular complexity index is 930.